The van der Waals surface area contributed by atoms with E-state index in [1.165, 1.54) is 35.4 Å². The first kappa shape index (κ1) is 23.0. The summed E-state index contributed by atoms with van der Waals surface area (Å²) in [5.41, 5.74) is 5.82. The van der Waals surface area contributed by atoms with Gasteiger partial charge in [0.15, 0.2) is 0 Å². The van der Waals surface area contributed by atoms with E-state index in [0.29, 0.717) is 5.46 Å². The topological polar surface area (TPSA) is 128 Å². The van der Waals surface area contributed by atoms with Gasteiger partial charge in [0.05, 0.1) is 4.90 Å². The van der Waals surface area contributed by atoms with E-state index in [1.54, 1.807) is 7.05 Å². The normalized spacial score (nSPS) is 26.1. The molecule has 10 nitrogen and oxygen atoms in total. The molecule has 2 saturated heterocycles. The molecule has 2 N–H and O–H groups in total. The number of anilines is 1. The van der Waals surface area contributed by atoms with Crippen LogP contribution in [0.4, 0.5) is 10.5 Å². The highest BCUT2D eigenvalue weighted by atomic mass is 32.2. The van der Waals surface area contributed by atoms with Crippen molar-refractivity contribution in [2.45, 2.75) is 43.4 Å². The fourth-order valence-electron chi connectivity index (χ4n) is 6.27. The molecule has 2 heterocycles. The molecule has 0 unspecified atom stereocenters. The average molecular weight is 511 g/mol. The van der Waals surface area contributed by atoms with Crippen molar-refractivity contribution in [2.24, 2.45) is 0 Å². The largest absolute Gasteiger partial charge is 0.614 e. The summed E-state index contributed by atoms with van der Waals surface area (Å²) < 4.78 is 39.0. The molecule has 2 aliphatic heterocycles. The summed E-state index contributed by atoms with van der Waals surface area (Å²) in [6.07, 6.45) is 5.70. The van der Waals surface area contributed by atoms with Crippen LogP contribution in [0.5, 0.6) is 0 Å². The lowest BCUT2D eigenvalue weighted by Crippen LogP contribution is -2.67. The van der Waals surface area contributed by atoms with Gasteiger partial charge in [-0.2, -0.15) is 0 Å². The van der Waals surface area contributed by atoms with Gasteiger partial charge in [-0.05, 0) is 72.9 Å². The van der Waals surface area contributed by atoms with E-state index in [9.17, 15) is 22.8 Å². The summed E-state index contributed by atoms with van der Waals surface area (Å²) in [7, 11) is -2.49. The number of nitrogens with one attached hydrogen (secondary N) is 2. The van der Waals surface area contributed by atoms with Crippen LogP contribution in [0.25, 0.3) is 0 Å². The molecular weight excluding hydrogens is 485 g/mol. The third kappa shape index (κ3) is 3.42. The molecule has 36 heavy (non-hydrogen) atoms. The molecule has 4 aliphatic rings. The minimum absolute atomic E-state index is 0.0135. The zero-order valence-corrected chi connectivity index (χ0v) is 20.7. The molecule has 0 bridgehead atoms. The molecule has 0 atom stereocenters. The van der Waals surface area contributed by atoms with Crippen molar-refractivity contribution in [3.05, 3.63) is 52.6 Å². The van der Waals surface area contributed by atoms with Gasteiger partial charge in [0.25, 0.3) is 10.0 Å². The standard InChI is InChI=1S/C24H26BN3O7S/c1-28-13-21(29)34-25(28,35-22(30)14-28)17-8-10-18(11-9-17)36(32,33)27-24(31)26-23-19-6-2-4-15(19)12-16-5-3-7-20(16)23/h8-12H,2-7,13-14H2,1H3,(H2,26,27,31). The molecular formula is C24H26BN3O7S. The number of rotatable bonds is 4. The number of sulfonamides is 1. The fraction of sp³-hybridized carbons (Fsp3) is 0.375. The van der Waals surface area contributed by atoms with E-state index in [0.717, 1.165) is 55.3 Å². The van der Waals surface area contributed by atoms with Crippen LogP contribution >= 0.6 is 0 Å². The van der Waals surface area contributed by atoms with Crippen LogP contribution in [0.2, 0.25) is 0 Å². The van der Waals surface area contributed by atoms with Gasteiger partial charge in [-0.3, -0.25) is 9.59 Å². The molecule has 2 aromatic carbocycles. The Bertz CT molecular complexity index is 1390. The minimum atomic E-state index is -4.18. The molecule has 2 aliphatic carbocycles. The van der Waals surface area contributed by atoms with Crippen molar-refractivity contribution in [2.75, 3.05) is 25.5 Å². The Balaban J connectivity index is 1.23. The number of quaternary nitrogens is 1. The van der Waals surface area contributed by atoms with Crippen molar-refractivity contribution in [3.8, 4) is 0 Å². The number of likely N-dealkylation sites (N-methyl/N-ethyl adjacent to an activating group) is 1. The van der Waals surface area contributed by atoms with Crippen molar-refractivity contribution in [1.82, 2.24) is 4.72 Å². The van der Waals surface area contributed by atoms with E-state index in [-0.39, 0.29) is 22.4 Å². The average Bonchev–Trinajstić information content (AvgIpc) is 3.55. The van der Waals surface area contributed by atoms with E-state index >= 15 is 0 Å². The molecule has 12 heteroatoms. The second-order valence-electron chi connectivity index (χ2n) is 10.3. The van der Waals surface area contributed by atoms with E-state index in [1.807, 2.05) is 0 Å². The van der Waals surface area contributed by atoms with Crippen molar-refractivity contribution in [3.63, 3.8) is 0 Å². The summed E-state index contributed by atoms with van der Waals surface area (Å²) >= 11 is 0. The molecule has 188 valence electrons. The van der Waals surface area contributed by atoms with E-state index < -0.39 is 34.7 Å². The van der Waals surface area contributed by atoms with Gasteiger partial charge in [-0.1, -0.05) is 23.7 Å². The van der Waals surface area contributed by atoms with Gasteiger partial charge in [-0.15, -0.1) is 0 Å². The molecule has 0 spiro atoms. The predicted molar refractivity (Wildman–Crippen MR) is 130 cm³/mol. The highest BCUT2D eigenvalue weighted by Crippen LogP contribution is 2.38. The van der Waals surface area contributed by atoms with E-state index in [2.05, 4.69) is 16.1 Å². The lowest BCUT2D eigenvalue weighted by molar-refractivity contribution is -0.791. The number of nitrogens with zero attached hydrogens (tertiary/aromatic N) is 1. The molecule has 0 radical (unpaired) electrons. The molecule has 6 rings (SSSR count). The fourth-order valence-corrected chi connectivity index (χ4v) is 7.18. The second kappa shape index (κ2) is 7.81. The molecule has 0 saturated carbocycles. The Morgan fingerprint density at radius 3 is 2.03 bits per heavy atom. The number of carbonyl (C=O) groups excluding carboxylic acids is 3. The minimum Gasteiger partial charge on any atom is -0.596 e. The van der Waals surface area contributed by atoms with Crippen molar-refractivity contribution >= 4 is 45.8 Å². The van der Waals surface area contributed by atoms with E-state index in [4.69, 9.17) is 9.31 Å². The smallest absolute Gasteiger partial charge is 0.596 e. The summed E-state index contributed by atoms with van der Waals surface area (Å²) in [5.74, 6) is -0.974. The maximum Gasteiger partial charge on any atom is 0.614 e. The van der Waals surface area contributed by atoms with Gasteiger partial charge in [0.2, 0.25) is 0 Å². The Kier molecular flexibility index (Phi) is 5.00. The number of urea groups is 1. The molecule has 2 fully saturated rings. The van der Waals surface area contributed by atoms with Crippen LogP contribution in [0.1, 0.15) is 35.1 Å². The van der Waals surface area contributed by atoms with Crippen LogP contribution in [-0.2, 0) is 54.6 Å². The molecule has 0 aromatic heterocycles. The second-order valence-corrected chi connectivity index (χ2v) is 12.0. The quantitative estimate of drug-likeness (QED) is 0.584. The number of fused-ring (bicyclic) bond motifs is 3. The number of amides is 2. The highest BCUT2D eigenvalue weighted by molar-refractivity contribution is 7.90. The summed E-state index contributed by atoms with van der Waals surface area (Å²) in [4.78, 5) is 36.7. The van der Waals surface area contributed by atoms with Crippen LogP contribution in [0.15, 0.2) is 35.2 Å². The van der Waals surface area contributed by atoms with Gasteiger partial charge >= 0.3 is 24.7 Å². The first-order chi connectivity index (χ1) is 17.1. The predicted octanol–water partition coefficient (Wildman–Crippen LogP) is 0.880. The molecule has 2 aromatic rings. The van der Waals surface area contributed by atoms with Crippen molar-refractivity contribution in [1.29, 1.82) is 0 Å². The SMILES string of the molecule is C[N+]12CC(=O)O[B-]1(c1ccc(S(=O)(=O)NC(=O)Nc3c4c(cc5c3CCC5)CCC4)cc1)OC(=O)C2. The molecule has 2 amide bonds. The lowest BCUT2D eigenvalue weighted by atomic mass is 9.61. The first-order valence-electron chi connectivity index (χ1n) is 12.1. The Morgan fingerprint density at radius 1 is 0.917 bits per heavy atom. The summed E-state index contributed by atoms with van der Waals surface area (Å²) in [5, 5.41) is 2.82. The number of hydrogen-bond acceptors (Lipinski definition) is 7. The van der Waals surface area contributed by atoms with Crippen LogP contribution in [0, 0.1) is 0 Å². The van der Waals surface area contributed by atoms with Crippen molar-refractivity contribution < 1.29 is 36.5 Å². The zero-order chi connectivity index (χ0) is 25.3. The Morgan fingerprint density at radius 2 is 1.47 bits per heavy atom. The van der Waals surface area contributed by atoms with Gasteiger partial charge in [-0.25, -0.2) is 17.9 Å². The summed E-state index contributed by atoms with van der Waals surface area (Å²) in [6, 6.07) is 6.95. The van der Waals surface area contributed by atoms with Crippen LogP contribution < -0.4 is 15.5 Å². The summed E-state index contributed by atoms with van der Waals surface area (Å²) in [6.45, 7) is -2.49. The van der Waals surface area contributed by atoms with Gasteiger partial charge in [0, 0.05) is 12.7 Å². The van der Waals surface area contributed by atoms with Gasteiger partial charge in [0.1, 0.15) is 13.1 Å². The Hall–Kier alpha value is -3.38. The van der Waals surface area contributed by atoms with Gasteiger partial charge < -0.3 is 19.0 Å². The monoisotopic (exact) mass is 511 g/mol. The number of hydrogen-bond donors (Lipinski definition) is 2. The van der Waals surface area contributed by atoms with Crippen LogP contribution in [0.3, 0.4) is 0 Å². The maximum absolute atomic E-state index is 13.0. The lowest BCUT2D eigenvalue weighted by Gasteiger charge is -2.40. The highest BCUT2D eigenvalue weighted by Gasteiger charge is 2.66. The maximum atomic E-state index is 13.0. The Labute approximate surface area is 208 Å². The van der Waals surface area contributed by atoms with Crippen LogP contribution in [-0.4, -0.2) is 57.6 Å². The first-order valence-corrected chi connectivity index (χ1v) is 13.6. The zero-order valence-electron chi connectivity index (χ0n) is 19.8. The third-order valence-corrected chi connectivity index (χ3v) is 9.28. The number of benzene rings is 2. The number of carbonyl (C=O) groups is 3. The third-order valence-electron chi connectivity index (χ3n) is 7.93. The number of aryl methyl sites for hydroxylation is 2.